The highest BCUT2D eigenvalue weighted by atomic mass is 19.1. The zero-order valence-corrected chi connectivity index (χ0v) is 10.2. The van der Waals surface area contributed by atoms with Crippen LogP contribution in [0.15, 0.2) is 41.2 Å². The molecule has 5 nitrogen and oxygen atoms in total. The van der Waals surface area contributed by atoms with Crippen LogP contribution in [-0.4, -0.2) is 14.5 Å². The van der Waals surface area contributed by atoms with Crippen LogP contribution in [0.2, 0.25) is 0 Å². The van der Waals surface area contributed by atoms with Crippen LogP contribution in [0.3, 0.4) is 0 Å². The van der Waals surface area contributed by atoms with E-state index in [2.05, 4.69) is 5.10 Å². The van der Waals surface area contributed by atoms with Crippen molar-refractivity contribution in [3.63, 3.8) is 0 Å². The van der Waals surface area contributed by atoms with Crippen molar-refractivity contribution < 1.29 is 4.39 Å². The SMILES string of the molecule is Cn1c(=O)cc(F)c2c(-c3ccccc3)nn(N)c21. The van der Waals surface area contributed by atoms with Gasteiger partial charge in [0.15, 0.2) is 5.65 Å². The van der Waals surface area contributed by atoms with Gasteiger partial charge in [0.2, 0.25) is 0 Å². The highest BCUT2D eigenvalue weighted by molar-refractivity contribution is 5.91. The number of halogens is 1. The summed E-state index contributed by atoms with van der Waals surface area (Å²) in [5.41, 5.74) is 0.959. The van der Waals surface area contributed by atoms with E-state index in [-0.39, 0.29) is 11.0 Å². The first-order valence-electron chi connectivity index (χ1n) is 5.68. The van der Waals surface area contributed by atoms with Gasteiger partial charge in [-0.1, -0.05) is 30.3 Å². The van der Waals surface area contributed by atoms with Crippen molar-refractivity contribution >= 4 is 11.0 Å². The van der Waals surface area contributed by atoms with Crippen LogP contribution >= 0.6 is 0 Å². The van der Waals surface area contributed by atoms with Crippen molar-refractivity contribution in [2.75, 3.05) is 5.84 Å². The number of nitrogens with zero attached hydrogens (tertiary/aromatic N) is 3. The molecule has 6 heteroatoms. The topological polar surface area (TPSA) is 65.8 Å². The average Bonchev–Trinajstić information content (AvgIpc) is 2.75. The van der Waals surface area contributed by atoms with E-state index in [0.29, 0.717) is 5.69 Å². The van der Waals surface area contributed by atoms with Gasteiger partial charge < -0.3 is 5.84 Å². The second kappa shape index (κ2) is 3.94. The van der Waals surface area contributed by atoms with E-state index >= 15 is 0 Å². The van der Waals surface area contributed by atoms with Gasteiger partial charge in [0.25, 0.3) is 5.56 Å². The number of hydrogen-bond acceptors (Lipinski definition) is 3. The molecule has 96 valence electrons. The van der Waals surface area contributed by atoms with Gasteiger partial charge in [-0.15, -0.1) is 5.10 Å². The average molecular weight is 258 g/mol. The number of aromatic nitrogens is 3. The molecule has 0 saturated heterocycles. The number of hydrogen-bond donors (Lipinski definition) is 1. The van der Waals surface area contributed by atoms with E-state index < -0.39 is 11.4 Å². The van der Waals surface area contributed by atoms with Gasteiger partial charge in [-0.05, 0) is 0 Å². The van der Waals surface area contributed by atoms with E-state index in [1.165, 1.54) is 11.6 Å². The van der Waals surface area contributed by atoms with Crippen LogP contribution in [0.5, 0.6) is 0 Å². The Morgan fingerprint density at radius 1 is 1.26 bits per heavy atom. The minimum Gasteiger partial charge on any atom is -0.321 e. The zero-order valence-electron chi connectivity index (χ0n) is 10.2. The fourth-order valence-electron chi connectivity index (χ4n) is 2.15. The van der Waals surface area contributed by atoms with E-state index in [4.69, 9.17) is 5.84 Å². The third-order valence-electron chi connectivity index (χ3n) is 3.07. The lowest BCUT2D eigenvalue weighted by Crippen LogP contribution is -2.21. The molecule has 19 heavy (non-hydrogen) atoms. The molecule has 0 fully saturated rings. The summed E-state index contributed by atoms with van der Waals surface area (Å²) in [6.07, 6.45) is 0. The number of nitrogens with two attached hydrogens (primary N) is 1. The van der Waals surface area contributed by atoms with Gasteiger partial charge in [0, 0.05) is 18.7 Å². The molecular formula is C13H11FN4O. The smallest absolute Gasteiger partial charge is 0.254 e. The Kier molecular flexibility index (Phi) is 2.38. The third-order valence-corrected chi connectivity index (χ3v) is 3.07. The van der Waals surface area contributed by atoms with Gasteiger partial charge in [0.1, 0.15) is 11.5 Å². The standard InChI is InChI=1S/C13H11FN4O/c1-17-10(19)7-9(14)11-12(16-18(15)13(11)17)8-5-3-2-4-6-8/h2-7H,15H2,1H3. The third kappa shape index (κ3) is 1.61. The normalized spacial score (nSPS) is 11.1. The summed E-state index contributed by atoms with van der Waals surface area (Å²) in [7, 11) is 1.53. The van der Waals surface area contributed by atoms with Gasteiger partial charge in [-0.3, -0.25) is 9.36 Å². The highest BCUT2D eigenvalue weighted by Gasteiger charge is 2.18. The first-order valence-corrected chi connectivity index (χ1v) is 5.68. The molecular weight excluding hydrogens is 247 g/mol. The Labute approximate surface area is 107 Å². The van der Waals surface area contributed by atoms with Gasteiger partial charge in [-0.25, -0.2) is 4.39 Å². The summed E-state index contributed by atoms with van der Waals surface area (Å²) in [6, 6.07) is 10.1. The van der Waals surface area contributed by atoms with Crippen molar-refractivity contribution in [1.82, 2.24) is 14.5 Å². The van der Waals surface area contributed by atoms with Crippen molar-refractivity contribution in [2.45, 2.75) is 0 Å². The molecule has 0 atom stereocenters. The first-order chi connectivity index (χ1) is 9.09. The van der Waals surface area contributed by atoms with Crippen molar-refractivity contribution in [2.24, 2.45) is 7.05 Å². The number of rotatable bonds is 1. The lowest BCUT2D eigenvalue weighted by molar-refractivity contribution is 0.631. The lowest BCUT2D eigenvalue weighted by Gasteiger charge is -2.02. The largest absolute Gasteiger partial charge is 0.321 e. The Morgan fingerprint density at radius 3 is 2.63 bits per heavy atom. The quantitative estimate of drug-likeness (QED) is 0.668. The van der Waals surface area contributed by atoms with Crippen molar-refractivity contribution in [1.29, 1.82) is 0 Å². The van der Waals surface area contributed by atoms with Gasteiger partial charge in [0.05, 0.1) is 5.39 Å². The molecule has 0 radical (unpaired) electrons. The highest BCUT2D eigenvalue weighted by Crippen LogP contribution is 2.27. The maximum absolute atomic E-state index is 14.1. The summed E-state index contributed by atoms with van der Waals surface area (Å²) in [5.74, 6) is 5.12. The van der Waals surface area contributed by atoms with Crippen LogP contribution < -0.4 is 11.4 Å². The van der Waals surface area contributed by atoms with E-state index in [1.807, 2.05) is 30.3 Å². The molecule has 3 aromatic rings. The lowest BCUT2D eigenvalue weighted by atomic mass is 10.1. The van der Waals surface area contributed by atoms with Gasteiger partial charge in [-0.2, -0.15) is 4.79 Å². The summed E-state index contributed by atoms with van der Waals surface area (Å²) in [4.78, 5) is 12.6. The maximum Gasteiger partial charge on any atom is 0.254 e. The molecule has 0 aliphatic rings. The molecule has 0 spiro atoms. The summed E-state index contributed by atoms with van der Waals surface area (Å²) in [6.45, 7) is 0. The van der Waals surface area contributed by atoms with E-state index in [9.17, 15) is 9.18 Å². The monoisotopic (exact) mass is 258 g/mol. The summed E-state index contributed by atoms with van der Waals surface area (Å²) >= 11 is 0. The van der Waals surface area contributed by atoms with Crippen molar-refractivity contribution in [3.8, 4) is 11.3 Å². The first kappa shape index (κ1) is 11.5. The number of pyridine rings is 1. The Bertz CT molecular complexity index is 820. The Balaban J connectivity index is 2.47. The van der Waals surface area contributed by atoms with E-state index in [1.54, 1.807) is 0 Å². The fourth-order valence-corrected chi connectivity index (χ4v) is 2.15. The Morgan fingerprint density at radius 2 is 1.95 bits per heavy atom. The molecule has 0 unspecified atom stereocenters. The molecule has 0 aliphatic heterocycles. The molecule has 0 bridgehead atoms. The molecule has 2 N–H and O–H groups in total. The minimum atomic E-state index is -0.617. The zero-order chi connectivity index (χ0) is 13.6. The second-order valence-corrected chi connectivity index (χ2v) is 4.25. The molecule has 2 aromatic heterocycles. The van der Waals surface area contributed by atoms with Crippen molar-refractivity contribution in [3.05, 3.63) is 52.6 Å². The Hall–Kier alpha value is -2.63. The summed E-state index contributed by atoms with van der Waals surface area (Å²) < 4.78 is 15.3. The number of nitrogen functional groups attached to an aromatic ring is 1. The minimum absolute atomic E-state index is 0.246. The number of fused-ring (bicyclic) bond motifs is 1. The second-order valence-electron chi connectivity index (χ2n) is 4.25. The molecule has 0 aliphatic carbocycles. The van der Waals surface area contributed by atoms with Crippen LogP contribution in [0, 0.1) is 5.82 Å². The van der Waals surface area contributed by atoms with Crippen LogP contribution in [0.4, 0.5) is 4.39 Å². The van der Waals surface area contributed by atoms with Crippen LogP contribution in [0.1, 0.15) is 0 Å². The molecule has 2 heterocycles. The molecule has 3 rings (SSSR count). The predicted molar refractivity (Wildman–Crippen MR) is 70.5 cm³/mol. The van der Waals surface area contributed by atoms with Gasteiger partial charge >= 0.3 is 0 Å². The fraction of sp³-hybridized carbons (Fsp3) is 0.0769. The molecule has 0 saturated carbocycles. The maximum atomic E-state index is 14.1. The molecule has 1 aromatic carbocycles. The number of aryl methyl sites for hydroxylation is 1. The predicted octanol–water partition coefficient (Wildman–Crippen LogP) is 1.25. The summed E-state index contributed by atoms with van der Waals surface area (Å²) in [5, 5.41) is 4.36. The van der Waals surface area contributed by atoms with Crippen LogP contribution in [-0.2, 0) is 7.05 Å². The molecule has 0 amide bonds. The van der Waals surface area contributed by atoms with Crippen LogP contribution in [0.25, 0.3) is 22.3 Å². The van der Waals surface area contributed by atoms with E-state index in [0.717, 1.165) is 16.4 Å². The number of benzene rings is 1.